The highest BCUT2D eigenvalue weighted by molar-refractivity contribution is 6.30. The van der Waals surface area contributed by atoms with Crippen LogP contribution < -0.4 is 10.6 Å². The fraction of sp³-hybridized carbons (Fsp3) is 0.611. The van der Waals surface area contributed by atoms with Gasteiger partial charge in [-0.15, -0.1) is 12.4 Å². The summed E-state index contributed by atoms with van der Waals surface area (Å²) >= 11 is 6.03. The van der Waals surface area contributed by atoms with Crippen molar-refractivity contribution >= 4 is 29.9 Å². The highest BCUT2D eigenvalue weighted by Gasteiger charge is 2.37. The summed E-state index contributed by atoms with van der Waals surface area (Å²) < 4.78 is 0. The molecule has 1 amide bonds. The predicted octanol–water partition coefficient (Wildman–Crippen LogP) is 4.04. The first-order valence-corrected chi connectivity index (χ1v) is 8.86. The molecule has 1 aromatic carbocycles. The molecule has 1 heterocycles. The average Bonchev–Trinajstić information content (AvgIpc) is 2.57. The van der Waals surface area contributed by atoms with Crippen LogP contribution in [-0.4, -0.2) is 19.0 Å². The van der Waals surface area contributed by atoms with Crippen LogP contribution in [0, 0.1) is 5.92 Å². The van der Waals surface area contributed by atoms with E-state index in [4.69, 9.17) is 11.6 Å². The van der Waals surface area contributed by atoms with Gasteiger partial charge in [0.15, 0.2) is 0 Å². The lowest BCUT2D eigenvalue weighted by Gasteiger charge is -2.40. The van der Waals surface area contributed by atoms with Crippen molar-refractivity contribution < 1.29 is 4.79 Å². The van der Waals surface area contributed by atoms with Crippen LogP contribution in [0.5, 0.6) is 0 Å². The van der Waals surface area contributed by atoms with Gasteiger partial charge in [0.2, 0.25) is 5.91 Å². The van der Waals surface area contributed by atoms with Crippen LogP contribution in [0.3, 0.4) is 0 Å². The Balaban J connectivity index is 0.00000192. The molecule has 2 aliphatic rings. The summed E-state index contributed by atoms with van der Waals surface area (Å²) in [5.74, 6) is 0.394. The zero-order chi connectivity index (χ0) is 15.4. The van der Waals surface area contributed by atoms with E-state index in [2.05, 4.69) is 22.8 Å². The van der Waals surface area contributed by atoms with E-state index in [1.807, 2.05) is 12.1 Å². The first-order chi connectivity index (χ1) is 10.7. The Morgan fingerprint density at radius 3 is 2.30 bits per heavy atom. The lowest BCUT2D eigenvalue weighted by molar-refractivity contribution is -0.128. The summed E-state index contributed by atoms with van der Waals surface area (Å²) in [6.45, 7) is 1.90. The number of rotatable bonds is 3. The van der Waals surface area contributed by atoms with E-state index >= 15 is 0 Å². The smallest absolute Gasteiger partial charge is 0.223 e. The number of amides is 1. The van der Waals surface area contributed by atoms with Gasteiger partial charge in [-0.1, -0.05) is 43.0 Å². The molecule has 1 aliphatic carbocycles. The third-order valence-corrected chi connectivity index (χ3v) is 5.43. The number of carbonyl (C=O) groups excluding carboxylic acids is 1. The van der Waals surface area contributed by atoms with Crippen LogP contribution in [0.4, 0.5) is 0 Å². The molecule has 3 nitrogen and oxygen atoms in total. The largest absolute Gasteiger partial charge is 0.346 e. The maximum Gasteiger partial charge on any atom is 0.223 e. The van der Waals surface area contributed by atoms with Gasteiger partial charge in [0.1, 0.15) is 0 Å². The van der Waals surface area contributed by atoms with E-state index < -0.39 is 0 Å². The third kappa shape index (κ3) is 4.40. The van der Waals surface area contributed by atoms with Crippen molar-refractivity contribution in [1.29, 1.82) is 0 Å². The minimum Gasteiger partial charge on any atom is -0.346 e. The Kier molecular flexibility index (Phi) is 6.75. The number of benzene rings is 1. The van der Waals surface area contributed by atoms with E-state index in [9.17, 15) is 4.79 Å². The minimum atomic E-state index is -0.190. The van der Waals surface area contributed by atoms with E-state index in [0.29, 0.717) is 0 Å². The van der Waals surface area contributed by atoms with E-state index in [0.717, 1.165) is 43.8 Å². The van der Waals surface area contributed by atoms with Gasteiger partial charge in [0.25, 0.3) is 0 Å². The molecule has 0 bridgehead atoms. The van der Waals surface area contributed by atoms with Crippen molar-refractivity contribution in [2.75, 3.05) is 13.1 Å². The molecule has 3 rings (SSSR count). The molecular weight excluding hydrogens is 331 g/mol. The minimum absolute atomic E-state index is 0. The van der Waals surface area contributed by atoms with Gasteiger partial charge in [-0.25, -0.2) is 0 Å². The SMILES string of the molecule is Cl.O=C(NC1(c2ccc(Cl)cc2)CCCCC1)C1CCNCC1. The highest BCUT2D eigenvalue weighted by atomic mass is 35.5. The van der Waals surface area contributed by atoms with Gasteiger partial charge >= 0.3 is 0 Å². The number of piperidine rings is 1. The second kappa shape index (κ2) is 8.36. The van der Waals surface area contributed by atoms with Gasteiger partial charge in [-0.3, -0.25) is 4.79 Å². The molecule has 1 aromatic rings. The Morgan fingerprint density at radius 2 is 1.70 bits per heavy atom. The molecule has 1 saturated heterocycles. The zero-order valence-electron chi connectivity index (χ0n) is 13.4. The topological polar surface area (TPSA) is 41.1 Å². The van der Waals surface area contributed by atoms with Crippen molar-refractivity contribution in [2.24, 2.45) is 5.92 Å². The molecule has 23 heavy (non-hydrogen) atoms. The average molecular weight is 357 g/mol. The molecule has 2 fully saturated rings. The lowest BCUT2D eigenvalue weighted by atomic mass is 9.76. The summed E-state index contributed by atoms with van der Waals surface area (Å²) in [7, 11) is 0. The maximum absolute atomic E-state index is 12.7. The number of hydrogen-bond donors (Lipinski definition) is 2. The lowest BCUT2D eigenvalue weighted by Crippen LogP contribution is -2.50. The molecule has 1 saturated carbocycles. The van der Waals surface area contributed by atoms with Crippen molar-refractivity contribution in [1.82, 2.24) is 10.6 Å². The summed E-state index contributed by atoms with van der Waals surface area (Å²) in [6.07, 6.45) is 7.57. The number of hydrogen-bond acceptors (Lipinski definition) is 2. The van der Waals surface area contributed by atoms with Gasteiger partial charge in [0.05, 0.1) is 5.54 Å². The molecule has 0 spiro atoms. The maximum atomic E-state index is 12.7. The first-order valence-electron chi connectivity index (χ1n) is 8.48. The Labute approximate surface area is 150 Å². The number of carbonyl (C=O) groups is 1. The van der Waals surface area contributed by atoms with Crippen molar-refractivity contribution in [3.05, 3.63) is 34.9 Å². The third-order valence-electron chi connectivity index (χ3n) is 5.18. The van der Waals surface area contributed by atoms with Crippen molar-refractivity contribution in [3.63, 3.8) is 0 Å². The fourth-order valence-electron chi connectivity index (χ4n) is 3.83. The quantitative estimate of drug-likeness (QED) is 0.857. The van der Waals surface area contributed by atoms with Crippen LogP contribution in [0.2, 0.25) is 5.02 Å². The van der Waals surface area contributed by atoms with Crippen molar-refractivity contribution in [3.8, 4) is 0 Å². The van der Waals surface area contributed by atoms with Crippen molar-refractivity contribution in [2.45, 2.75) is 50.5 Å². The van der Waals surface area contributed by atoms with E-state index in [1.165, 1.54) is 24.8 Å². The molecular formula is C18H26Cl2N2O. The Bertz CT molecular complexity index is 506. The second-order valence-corrected chi connectivity index (χ2v) is 7.10. The van der Waals surface area contributed by atoms with E-state index in [-0.39, 0.29) is 29.8 Å². The number of halogens is 2. The predicted molar refractivity (Wildman–Crippen MR) is 97.2 cm³/mol. The molecule has 128 valence electrons. The fourth-order valence-corrected chi connectivity index (χ4v) is 3.96. The zero-order valence-corrected chi connectivity index (χ0v) is 15.0. The molecule has 2 N–H and O–H groups in total. The first kappa shape index (κ1) is 18.6. The van der Waals surface area contributed by atoms with Crippen LogP contribution >= 0.6 is 24.0 Å². The summed E-state index contributed by atoms with van der Waals surface area (Å²) in [6, 6.07) is 8.03. The standard InChI is InChI=1S/C18H25ClN2O.ClH/c19-16-6-4-15(5-7-16)18(10-2-1-3-11-18)21-17(22)14-8-12-20-13-9-14;/h4-7,14,20H,1-3,8-13H2,(H,21,22);1H. The van der Waals surface area contributed by atoms with Crippen LogP contribution in [0.15, 0.2) is 24.3 Å². The van der Waals surface area contributed by atoms with Gasteiger partial charge in [-0.2, -0.15) is 0 Å². The Morgan fingerprint density at radius 1 is 1.09 bits per heavy atom. The highest BCUT2D eigenvalue weighted by Crippen LogP contribution is 2.38. The van der Waals surface area contributed by atoms with E-state index in [1.54, 1.807) is 0 Å². The van der Waals surface area contributed by atoms with Crippen LogP contribution in [0.25, 0.3) is 0 Å². The molecule has 0 unspecified atom stereocenters. The normalized spacial score (nSPS) is 21.3. The summed E-state index contributed by atoms with van der Waals surface area (Å²) in [4.78, 5) is 12.7. The summed E-state index contributed by atoms with van der Waals surface area (Å²) in [5.41, 5.74) is 1.02. The van der Waals surface area contributed by atoms with Gasteiger partial charge < -0.3 is 10.6 Å². The molecule has 0 atom stereocenters. The molecule has 1 aliphatic heterocycles. The van der Waals surface area contributed by atoms with Gasteiger partial charge in [-0.05, 0) is 56.5 Å². The molecule has 0 aromatic heterocycles. The van der Waals surface area contributed by atoms with Crippen LogP contribution in [-0.2, 0) is 10.3 Å². The van der Waals surface area contributed by atoms with Gasteiger partial charge in [0, 0.05) is 10.9 Å². The number of nitrogens with one attached hydrogen (secondary N) is 2. The molecule has 5 heteroatoms. The molecule has 0 radical (unpaired) electrons. The second-order valence-electron chi connectivity index (χ2n) is 6.66. The summed E-state index contributed by atoms with van der Waals surface area (Å²) in [5, 5.41) is 7.50. The Hall–Kier alpha value is -0.770. The van der Waals surface area contributed by atoms with Crippen LogP contribution in [0.1, 0.15) is 50.5 Å². The monoisotopic (exact) mass is 356 g/mol.